The van der Waals surface area contributed by atoms with Crippen LogP contribution in [-0.2, 0) is 6.61 Å². The molecule has 0 saturated carbocycles. The highest BCUT2D eigenvalue weighted by atomic mass is 16.5. The van der Waals surface area contributed by atoms with Crippen LogP contribution in [0.3, 0.4) is 0 Å². The standard InChI is InChI=1S/C8H9NO/c1-5-6(2)9-3-8-7(5)4-10-8/h3H,4H2,1-2H3. The van der Waals surface area contributed by atoms with E-state index in [1.165, 1.54) is 11.1 Å². The van der Waals surface area contributed by atoms with Gasteiger partial charge < -0.3 is 4.74 Å². The van der Waals surface area contributed by atoms with E-state index in [1.807, 2.05) is 6.92 Å². The highest BCUT2D eigenvalue weighted by molar-refractivity contribution is 5.43. The van der Waals surface area contributed by atoms with E-state index in [9.17, 15) is 0 Å². The molecule has 0 N–H and O–H groups in total. The van der Waals surface area contributed by atoms with Crippen LogP contribution in [0.2, 0.25) is 0 Å². The van der Waals surface area contributed by atoms with Gasteiger partial charge in [0.15, 0.2) is 0 Å². The Hall–Kier alpha value is -1.05. The van der Waals surface area contributed by atoms with E-state index in [2.05, 4.69) is 11.9 Å². The van der Waals surface area contributed by atoms with Gasteiger partial charge in [-0.2, -0.15) is 0 Å². The van der Waals surface area contributed by atoms with Crippen LogP contribution < -0.4 is 4.74 Å². The van der Waals surface area contributed by atoms with Gasteiger partial charge in [-0.1, -0.05) is 0 Å². The van der Waals surface area contributed by atoms with E-state index in [-0.39, 0.29) is 0 Å². The number of pyridine rings is 1. The second kappa shape index (κ2) is 1.72. The lowest BCUT2D eigenvalue weighted by Gasteiger charge is -2.22. The van der Waals surface area contributed by atoms with Crippen molar-refractivity contribution in [3.63, 3.8) is 0 Å². The maximum atomic E-state index is 5.15. The molecule has 0 bridgehead atoms. The summed E-state index contributed by atoms with van der Waals surface area (Å²) in [5, 5.41) is 0. The zero-order valence-corrected chi connectivity index (χ0v) is 6.14. The number of aryl methyl sites for hydroxylation is 1. The Kier molecular flexibility index (Phi) is 0.982. The van der Waals surface area contributed by atoms with Crippen molar-refractivity contribution >= 4 is 0 Å². The predicted molar refractivity (Wildman–Crippen MR) is 38.0 cm³/mol. The molecule has 0 unspecified atom stereocenters. The fourth-order valence-corrected chi connectivity index (χ4v) is 1.11. The first kappa shape index (κ1) is 5.71. The Bertz CT molecular complexity index is 266. The molecule has 1 aliphatic heterocycles. The van der Waals surface area contributed by atoms with Gasteiger partial charge in [-0.3, -0.25) is 4.98 Å². The minimum Gasteiger partial charge on any atom is -0.487 e. The van der Waals surface area contributed by atoms with Gasteiger partial charge in [-0.25, -0.2) is 0 Å². The first-order valence-corrected chi connectivity index (χ1v) is 3.37. The molecular formula is C8H9NO. The molecule has 0 saturated heterocycles. The molecule has 2 rings (SSSR count). The van der Waals surface area contributed by atoms with Crippen LogP contribution in [-0.4, -0.2) is 4.98 Å². The Morgan fingerprint density at radius 1 is 1.50 bits per heavy atom. The van der Waals surface area contributed by atoms with Crippen molar-refractivity contribution in [2.75, 3.05) is 0 Å². The van der Waals surface area contributed by atoms with Crippen LogP contribution in [0.25, 0.3) is 0 Å². The van der Waals surface area contributed by atoms with Gasteiger partial charge in [-0.05, 0) is 19.4 Å². The fraction of sp³-hybridized carbons (Fsp3) is 0.375. The van der Waals surface area contributed by atoms with Crippen LogP contribution in [0.1, 0.15) is 16.8 Å². The van der Waals surface area contributed by atoms with Gasteiger partial charge >= 0.3 is 0 Å². The minimum absolute atomic E-state index is 0.768. The van der Waals surface area contributed by atoms with Crippen LogP contribution >= 0.6 is 0 Å². The molecule has 1 aromatic rings. The molecule has 52 valence electrons. The summed E-state index contributed by atoms with van der Waals surface area (Å²) in [6, 6.07) is 0. The summed E-state index contributed by atoms with van der Waals surface area (Å²) in [5.74, 6) is 0.961. The summed E-state index contributed by atoms with van der Waals surface area (Å²) in [5.41, 5.74) is 3.72. The smallest absolute Gasteiger partial charge is 0.144 e. The summed E-state index contributed by atoms with van der Waals surface area (Å²) in [7, 11) is 0. The quantitative estimate of drug-likeness (QED) is 0.539. The molecule has 0 radical (unpaired) electrons. The second-order valence-electron chi connectivity index (χ2n) is 2.60. The van der Waals surface area contributed by atoms with Gasteiger partial charge in [0.2, 0.25) is 0 Å². The molecule has 2 heterocycles. The molecule has 0 atom stereocenters. The molecule has 1 aromatic heterocycles. The van der Waals surface area contributed by atoms with Crippen molar-refractivity contribution in [2.45, 2.75) is 20.5 Å². The summed E-state index contributed by atoms with van der Waals surface area (Å²) in [4.78, 5) is 4.17. The number of ether oxygens (including phenoxy) is 1. The third-order valence-corrected chi connectivity index (χ3v) is 2.04. The zero-order valence-electron chi connectivity index (χ0n) is 6.14. The fourth-order valence-electron chi connectivity index (χ4n) is 1.11. The molecule has 2 heteroatoms. The molecular weight excluding hydrogens is 126 g/mol. The van der Waals surface area contributed by atoms with Crippen LogP contribution in [0.4, 0.5) is 0 Å². The first-order valence-electron chi connectivity index (χ1n) is 3.37. The zero-order chi connectivity index (χ0) is 7.14. The van der Waals surface area contributed by atoms with E-state index < -0.39 is 0 Å². The van der Waals surface area contributed by atoms with Gasteiger partial charge in [-0.15, -0.1) is 0 Å². The topological polar surface area (TPSA) is 22.1 Å². The number of hydrogen-bond acceptors (Lipinski definition) is 2. The maximum absolute atomic E-state index is 5.15. The summed E-state index contributed by atoms with van der Waals surface area (Å²) in [6.07, 6.45) is 1.79. The highest BCUT2D eigenvalue weighted by Gasteiger charge is 2.18. The average molecular weight is 135 g/mol. The van der Waals surface area contributed by atoms with Gasteiger partial charge in [0.1, 0.15) is 12.4 Å². The van der Waals surface area contributed by atoms with E-state index >= 15 is 0 Å². The summed E-state index contributed by atoms with van der Waals surface area (Å²) >= 11 is 0. The molecule has 0 spiro atoms. The van der Waals surface area contributed by atoms with Crippen molar-refractivity contribution < 1.29 is 4.74 Å². The second-order valence-corrected chi connectivity index (χ2v) is 2.60. The van der Waals surface area contributed by atoms with E-state index in [4.69, 9.17) is 4.74 Å². The Balaban J connectivity index is 2.66. The van der Waals surface area contributed by atoms with E-state index in [1.54, 1.807) is 6.20 Å². The lowest BCUT2D eigenvalue weighted by atomic mass is 10.1. The number of fused-ring (bicyclic) bond motifs is 1. The first-order chi connectivity index (χ1) is 4.79. The van der Waals surface area contributed by atoms with Crippen LogP contribution in [0.15, 0.2) is 6.20 Å². The SMILES string of the molecule is Cc1ncc2c(c1C)CO2. The van der Waals surface area contributed by atoms with Crippen molar-refractivity contribution in [1.29, 1.82) is 0 Å². The summed E-state index contributed by atoms with van der Waals surface area (Å²) < 4.78 is 5.15. The number of nitrogens with zero attached hydrogens (tertiary/aromatic N) is 1. The van der Waals surface area contributed by atoms with Crippen molar-refractivity contribution in [3.8, 4) is 5.75 Å². The third-order valence-electron chi connectivity index (χ3n) is 2.04. The Morgan fingerprint density at radius 2 is 2.30 bits per heavy atom. The molecule has 0 amide bonds. The third kappa shape index (κ3) is 0.561. The lowest BCUT2D eigenvalue weighted by Crippen LogP contribution is -2.12. The van der Waals surface area contributed by atoms with Crippen molar-refractivity contribution in [3.05, 3.63) is 23.0 Å². The Morgan fingerprint density at radius 3 is 2.80 bits per heavy atom. The van der Waals surface area contributed by atoms with Crippen LogP contribution in [0, 0.1) is 13.8 Å². The number of rotatable bonds is 0. The predicted octanol–water partition coefficient (Wildman–Crippen LogP) is 1.59. The van der Waals surface area contributed by atoms with Gasteiger partial charge in [0, 0.05) is 11.3 Å². The van der Waals surface area contributed by atoms with Gasteiger partial charge in [0.25, 0.3) is 0 Å². The molecule has 0 fully saturated rings. The van der Waals surface area contributed by atoms with E-state index in [0.29, 0.717) is 0 Å². The Labute approximate surface area is 59.9 Å². The minimum atomic E-state index is 0.768. The van der Waals surface area contributed by atoms with Crippen molar-refractivity contribution in [1.82, 2.24) is 4.98 Å². The molecule has 0 aromatic carbocycles. The average Bonchev–Trinajstić information content (AvgIpc) is 1.82. The summed E-state index contributed by atoms with van der Waals surface area (Å²) in [6.45, 7) is 4.88. The number of hydrogen-bond donors (Lipinski definition) is 0. The molecule has 10 heavy (non-hydrogen) atoms. The monoisotopic (exact) mass is 135 g/mol. The van der Waals surface area contributed by atoms with Gasteiger partial charge in [0.05, 0.1) is 6.20 Å². The lowest BCUT2D eigenvalue weighted by molar-refractivity contribution is 0.240. The molecule has 2 nitrogen and oxygen atoms in total. The maximum Gasteiger partial charge on any atom is 0.144 e. The van der Waals surface area contributed by atoms with Crippen molar-refractivity contribution in [2.24, 2.45) is 0 Å². The largest absolute Gasteiger partial charge is 0.487 e. The highest BCUT2D eigenvalue weighted by Crippen LogP contribution is 2.31. The molecule has 1 aliphatic rings. The number of aromatic nitrogens is 1. The van der Waals surface area contributed by atoms with E-state index in [0.717, 1.165) is 18.1 Å². The normalized spacial score (nSPS) is 13.4. The van der Waals surface area contributed by atoms with Crippen LogP contribution in [0.5, 0.6) is 5.75 Å². The molecule has 0 aliphatic carbocycles.